The molecule has 1 unspecified atom stereocenters. The molecule has 0 aliphatic carbocycles. The fraction of sp³-hybridized carbons (Fsp3) is 0.357. The predicted octanol–water partition coefficient (Wildman–Crippen LogP) is 3.50. The highest BCUT2D eigenvalue weighted by Gasteiger charge is 2.31. The minimum Gasteiger partial charge on any atom is -0.331 e. The topological polar surface area (TPSA) is 24.0 Å². The van der Waals surface area contributed by atoms with Gasteiger partial charge in [-0.2, -0.15) is 0 Å². The summed E-state index contributed by atoms with van der Waals surface area (Å²) in [6.07, 6.45) is 1.07. The van der Waals surface area contributed by atoms with Gasteiger partial charge >= 0.3 is 0 Å². The largest absolute Gasteiger partial charge is 0.331 e. The molecule has 1 N–H and O–H groups in total. The highest BCUT2D eigenvalue weighted by Crippen LogP contribution is 2.33. The molecule has 2 aliphatic heterocycles. The molecule has 0 saturated carbocycles. The van der Waals surface area contributed by atoms with Crippen molar-refractivity contribution in [2.24, 2.45) is 0 Å². The van der Waals surface area contributed by atoms with Crippen LogP contribution in [0.5, 0.6) is 0 Å². The third kappa shape index (κ3) is 1.71. The first-order chi connectivity index (χ1) is 9.11. The SMILES string of the molecule is C=C1CC2Cn3c(=S)[nH]c4cc(Cl)cc(c43)CN2C1. The van der Waals surface area contributed by atoms with Crippen molar-refractivity contribution < 1.29 is 0 Å². The first-order valence-corrected chi connectivity index (χ1v) is 7.22. The maximum Gasteiger partial charge on any atom is 0.178 e. The first kappa shape index (κ1) is 11.7. The van der Waals surface area contributed by atoms with Gasteiger partial charge in [0.05, 0.1) is 11.0 Å². The van der Waals surface area contributed by atoms with Gasteiger partial charge in [0.1, 0.15) is 0 Å². The van der Waals surface area contributed by atoms with Crippen LogP contribution in [0.1, 0.15) is 12.0 Å². The number of nitrogens with zero attached hydrogens (tertiary/aromatic N) is 2. The number of H-pyrrole nitrogens is 1. The molecule has 19 heavy (non-hydrogen) atoms. The maximum absolute atomic E-state index is 6.21. The van der Waals surface area contributed by atoms with Crippen molar-refractivity contribution in [3.05, 3.63) is 39.6 Å². The molecular weight excluding hydrogens is 278 g/mol. The second-order valence-electron chi connectivity index (χ2n) is 5.51. The second kappa shape index (κ2) is 3.95. The molecular formula is C14H14ClN3S. The van der Waals surface area contributed by atoms with Crippen molar-refractivity contribution in [1.29, 1.82) is 0 Å². The highest BCUT2D eigenvalue weighted by atomic mass is 35.5. The van der Waals surface area contributed by atoms with E-state index >= 15 is 0 Å². The molecule has 3 nitrogen and oxygen atoms in total. The summed E-state index contributed by atoms with van der Waals surface area (Å²) in [5, 5.41) is 0.766. The van der Waals surface area contributed by atoms with Gasteiger partial charge in [-0.15, -0.1) is 0 Å². The second-order valence-corrected chi connectivity index (χ2v) is 6.34. The number of halogens is 1. The molecule has 2 aliphatic rings. The Morgan fingerprint density at radius 1 is 1.37 bits per heavy atom. The molecule has 1 aromatic heterocycles. The van der Waals surface area contributed by atoms with Gasteiger partial charge in [-0.1, -0.05) is 23.8 Å². The molecule has 0 bridgehead atoms. The van der Waals surface area contributed by atoms with E-state index in [1.807, 2.05) is 6.07 Å². The molecule has 0 spiro atoms. The van der Waals surface area contributed by atoms with Crippen LogP contribution < -0.4 is 0 Å². The fourth-order valence-electron chi connectivity index (χ4n) is 3.39. The summed E-state index contributed by atoms with van der Waals surface area (Å²) in [5.41, 5.74) is 4.84. The maximum atomic E-state index is 6.21. The van der Waals surface area contributed by atoms with Crippen LogP contribution >= 0.6 is 23.8 Å². The fourth-order valence-corrected chi connectivity index (χ4v) is 3.90. The minimum absolute atomic E-state index is 0.504. The number of hydrogen-bond acceptors (Lipinski definition) is 2. The summed E-state index contributed by atoms with van der Waals surface area (Å²) in [4.78, 5) is 5.75. The monoisotopic (exact) mass is 291 g/mol. The first-order valence-electron chi connectivity index (χ1n) is 6.43. The molecule has 98 valence electrons. The van der Waals surface area contributed by atoms with Gasteiger partial charge in [0.2, 0.25) is 0 Å². The Kier molecular flexibility index (Phi) is 2.43. The molecule has 1 atom stereocenters. The summed E-state index contributed by atoms with van der Waals surface area (Å²) < 4.78 is 3.01. The lowest BCUT2D eigenvalue weighted by Crippen LogP contribution is -2.30. The number of rotatable bonds is 0. The van der Waals surface area contributed by atoms with Crippen LogP contribution in [0.25, 0.3) is 11.0 Å². The zero-order valence-electron chi connectivity index (χ0n) is 10.4. The molecule has 1 fully saturated rings. The van der Waals surface area contributed by atoms with Gasteiger partial charge in [0.25, 0.3) is 0 Å². The average Bonchev–Trinajstić information content (AvgIpc) is 2.76. The summed E-state index contributed by atoms with van der Waals surface area (Å²) in [6.45, 7) is 6.98. The number of nitrogens with one attached hydrogen (secondary N) is 1. The lowest BCUT2D eigenvalue weighted by atomic mass is 10.1. The van der Waals surface area contributed by atoms with E-state index in [4.69, 9.17) is 23.8 Å². The normalized spacial score (nSPS) is 22.8. The van der Waals surface area contributed by atoms with E-state index in [0.717, 1.165) is 41.4 Å². The zero-order valence-corrected chi connectivity index (χ0v) is 12.0. The van der Waals surface area contributed by atoms with Gasteiger partial charge < -0.3 is 9.55 Å². The van der Waals surface area contributed by atoms with Gasteiger partial charge in [-0.25, -0.2) is 0 Å². The van der Waals surface area contributed by atoms with E-state index in [1.54, 1.807) is 0 Å². The third-order valence-corrected chi connectivity index (χ3v) is 4.69. The average molecular weight is 292 g/mol. The van der Waals surface area contributed by atoms with Crippen molar-refractivity contribution in [2.45, 2.75) is 25.6 Å². The molecule has 1 aromatic carbocycles. The Morgan fingerprint density at radius 3 is 3.05 bits per heavy atom. The standard InChI is InChI=1S/C14H14ClN3S/c1-8-2-11-7-18-13-9(6-17(11)5-8)3-10(15)4-12(13)16-14(18)19/h3-4,11H,1-2,5-7H2,(H,16,19). The summed E-state index contributed by atoms with van der Waals surface area (Å²) in [6, 6.07) is 4.53. The smallest absolute Gasteiger partial charge is 0.178 e. The number of imidazole rings is 1. The summed E-state index contributed by atoms with van der Waals surface area (Å²) >= 11 is 11.7. The number of aromatic amines is 1. The minimum atomic E-state index is 0.504. The van der Waals surface area contributed by atoms with Crippen molar-refractivity contribution in [3.8, 4) is 0 Å². The Bertz CT molecular complexity index is 758. The van der Waals surface area contributed by atoms with Crippen molar-refractivity contribution in [3.63, 3.8) is 0 Å². The number of hydrogen-bond donors (Lipinski definition) is 1. The predicted molar refractivity (Wildman–Crippen MR) is 80.1 cm³/mol. The van der Waals surface area contributed by atoms with Gasteiger partial charge in [0.15, 0.2) is 4.77 Å². The van der Waals surface area contributed by atoms with E-state index in [2.05, 4.69) is 27.1 Å². The van der Waals surface area contributed by atoms with Crippen molar-refractivity contribution in [2.75, 3.05) is 6.54 Å². The van der Waals surface area contributed by atoms with E-state index in [9.17, 15) is 0 Å². The van der Waals surface area contributed by atoms with Crippen LogP contribution in [-0.2, 0) is 13.1 Å². The summed E-state index contributed by atoms with van der Waals surface area (Å²) in [5.74, 6) is 0. The summed E-state index contributed by atoms with van der Waals surface area (Å²) in [7, 11) is 0. The molecule has 1 saturated heterocycles. The van der Waals surface area contributed by atoms with Crippen LogP contribution in [0.3, 0.4) is 0 Å². The molecule has 0 amide bonds. The molecule has 2 aromatic rings. The Morgan fingerprint density at radius 2 is 2.21 bits per heavy atom. The number of benzene rings is 1. The highest BCUT2D eigenvalue weighted by molar-refractivity contribution is 7.71. The van der Waals surface area contributed by atoms with E-state index in [1.165, 1.54) is 16.7 Å². The van der Waals surface area contributed by atoms with Gasteiger partial charge in [0, 0.05) is 30.7 Å². The van der Waals surface area contributed by atoms with E-state index < -0.39 is 0 Å². The molecule has 0 radical (unpaired) electrons. The quantitative estimate of drug-likeness (QED) is 0.593. The molecule has 5 heteroatoms. The van der Waals surface area contributed by atoms with Crippen LogP contribution in [0.4, 0.5) is 0 Å². The number of aromatic nitrogens is 2. The number of fused-ring (bicyclic) bond motifs is 1. The van der Waals surface area contributed by atoms with Crippen molar-refractivity contribution >= 4 is 34.9 Å². The Labute approximate surface area is 121 Å². The van der Waals surface area contributed by atoms with Gasteiger partial charge in [-0.3, -0.25) is 4.90 Å². The van der Waals surface area contributed by atoms with Gasteiger partial charge in [-0.05, 0) is 36.3 Å². The zero-order chi connectivity index (χ0) is 13.1. The third-order valence-electron chi connectivity index (χ3n) is 4.14. The molecule has 4 rings (SSSR count). The van der Waals surface area contributed by atoms with E-state index in [-0.39, 0.29) is 0 Å². The van der Waals surface area contributed by atoms with Crippen LogP contribution in [-0.4, -0.2) is 27.0 Å². The van der Waals surface area contributed by atoms with Crippen LogP contribution in [0.15, 0.2) is 24.3 Å². The van der Waals surface area contributed by atoms with E-state index in [0.29, 0.717) is 6.04 Å². The van der Waals surface area contributed by atoms with Crippen LogP contribution in [0.2, 0.25) is 5.02 Å². The van der Waals surface area contributed by atoms with Crippen molar-refractivity contribution in [1.82, 2.24) is 14.5 Å². The lowest BCUT2D eigenvalue weighted by Gasteiger charge is -2.21. The van der Waals surface area contributed by atoms with Crippen LogP contribution in [0, 0.1) is 4.77 Å². The Hall–Kier alpha value is -1.10. The molecule has 3 heterocycles. The Balaban J connectivity index is 1.98. The lowest BCUT2D eigenvalue weighted by molar-refractivity contribution is 0.234.